The van der Waals surface area contributed by atoms with Gasteiger partial charge in [-0.2, -0.15) is 0 Å². The van der Waals surface area contributed by atoms with Gasteiger partial charge in [0.15, 0.2) is 0 Å². The second-order valence-electron chi connectivity index (χ2n) is 5.62. The lowest BCUT2D eigenvalue weighted by molar-refractivity contribution is -0.145. The molecular weight excluding hydrogens is 218 g/mol. The Morgan fingerprint density at radius 2 is 1.59 bits per heavy atom. The number of likely N-dealkylation sites (tertiary alicyclic amines) is 1. The summed E-state index contributed by atoms with van der Waals surface area (Å²) >= 11 is 0. The Hall–Kier alpha value is -0.900. The first kappa shape index (κ1) is 12.6. The Labute approximate surface area is 102 Å². The molecule has 4 heteroatoms. The predicted octanol–water partition coefficient (Wildman–Crippen LogP) is 1.32. The number of hydrogen-bond acceptors (Lipinski definition) is 3. The van der Waals surface area contributed by atoms with Crippen LogP contribution in [0.25, 0.3) is 0 Å². The Morgan fingerprint density at radius 1 is 1.12 bits per heavy atom. The van der Waals surface area contributed by atoms with E-state index >= 15 is 0 Å². The van der Waals surface area contributed by atoms with E-state index in [0.29, 0.717) is 12.8 Å². The zero-order valence-electron chi connectivity index (χ0n) is 10.6. The van der Waals surface area contributed by atoms with Gasteiger partial charge in [-0.25, -0.2) is 0 Å². The summed E-state index contributed by atoms with van der Waals surface area (Å²) in [5.41, 5.74) is -0.840. The van der Waals surface area contributed by atoms with Gasteiger partial charge in [0.2, 0.25) is 11.8 Å². The number of carbonyl (C=O) groups is 2. The van der Waals surface area contributed by atoms with Crippen LogP contribution in [0.4, 0.5) is 0 Å². The van der Waals surface area contributed by atoms with Crippen molar-refractivity contribution in [2.24, 2.45) is 11.8 Å². The van der Waals surface area contributed by atoms with Crippen LogP contribution < -0.4 is 0 Å². The number of β-amino-alcohol motifs (C(OH)–C–C–N with tert-alkyl or cyclic N) is 1. The van der Waals surface area contributed by atoms with E-state index in [-0.39, 0.29) is 30.2 Å². The SMILES string of the molecule is CC1C(=O)N(CC2(O)CCCCC2)C(=O)C1C. The summed E-state index contributed by atoms with van der Waals surface area (Å²) in [7, 11) is 0. The van der Waals surface area contributed by atoms with E-state index in [1.165, 1.54) is 4.90 Å². The Balaban J connectivity index is 2.08. The van der Waals surface area contributed by atoms with Crippen molar-refractivity contribution < 1.29 is 14.7 Å². The molecule has 0 aromatic rings. The molecule has 0 radical (unpaired) electrons. The molecule has 1 aliphatic carbocycles. The van der Waals surface area contributed by atoms with E-state index in [4.69, 9.17) is 0 Å². The second kappa shape index (κ2) is 4.41. The molecule has 17 heavy (non-hydrogen) atoms. The van der Waals surface area contributed by atoms with Crippen LogP contribution in [-0.4, -0.2) is 34.0 Å². The third kappa shape index (κ3) is 2.23. The van der Waals surface area contributed by atoms with Gasteiger partial charge in [-0.15, -0.1) is 0 Å². The summed E-state index contributed by atoms with van der Waals surface area (Å²) in [6.07, 6.45) is 4.51. The smallest absolute Gasteiger partial charge is 0.232 e. The summed E-state index contributed by atoms with van der Waals surface area (Å²) in [6, 6.07) is 0. The van der Waals surface area contributed by atoms with Gasteiger partial charge < -0.3 is 5.11 Å². The molecule has 2 atom stereocenters. The summed E-state index contributed by atoms with van der Waals surface area (Å²) < 4.78 is 0. The molecule has 1 saturated heterocycles. The van der Waals surface area contributed by atoms with E-state index in [1.54, 1.807) is 13.8 Å². The Morgan fingerprint density at radius 3 is 2.06 bits per heavy atom. The van der Waals surface area contributed by atoms with Crippen molar-refractivity contribution in [2.75, 3.05) is 6.54 Å². The van der Waals surface area contributed by atoms with E-state index < -0.39 is 5.60 Å². The molecule has 0 aromatic heterocycles. The number of hydrogen-bond donors (Lipinski definition) is 1. The standard InChI is InChI=1S/C13H21NO3/c1-9-10(2)12(16)14(11(9)15)8-13(17)6-4-3-5-7-13/h9-10,17H,3-8H2,1-2H3. The predicted molar refractivity (Wildman–Crippen MR) is 63.1 cm³/mol. The lowest BCUT2D eigenvalue weighted by Gasteiger charge is -2.34. The molecule has 2 amide bonds. The molecular formula is C13H21NO3. The average Bonchev–Trinajstić information content (AvgIpc) is 2.48. The Bertz CT molecular complexity index is 314. The number of aliphatic hydroxyl groups is 1. The summed E-state index contributed by atoms with van der Waals surface area (Å²) in [4.78, 5) is 25.2. The van der Waals surface area contributed by atoms with Crippen LogP contribution in [-0.2, 0) is 9.59 Å². The zero-order chi connectivity index (χ0) is 12.6. The highest BCUT2D eigenvalue weighted by molar-refractivity contribution is 6.04. The van der Waals surface area contributed by atoms with Crippen molar-refractivity contribution in [1.29, 1.82) is 0 Å². The number of nitrogens with zero attached hydrogens (tertiary/aromatic N) is 1. The summed E-state index contributed by atoms with van der Waals surface area (Å²) in [5.74, 6) is -0.729. The molecule has 0 bridgehead atoms. The van der Waals surface area contributed by atoms with E-state index in [9.17, 15) is 14.7 Å². The molecule has 2 rings (SSSR count). The largest absolute Gasteiger partial charge is 0.388 e. The summed E-state index contributed by atoms with van der Waals surface area (Å²) in [6.45, 7) is 3.77. The molecule has 2 aliphatic rings. The number of rotatable bonds is 2. The van der Waals surface area contributed by atoms with Crippen molar-refractivity contribution in [3.05, 3.63) is 0 Å². The third-order valence-corrected chi connectivity index (χ3v) is 4.30. The zero-order valence-corrected chi connectivity index (χ0v) is 10.6. The number of amides is 2. The van der Waals surface area contributed by atoms with Crippen LogP contribution in [0, 0.1) is 11.8 Å². The molecule has 96 valence electrons. The normalized spacial score (nSPS) is 33.2. The highest BCUT2D eigenvalue weighted by Gasteiger charge is 2.45. The lowest BCUT2D eigenvalue weighted by atomic mass is 9.84. The highest BCUT2D eigenvalue weighted by atomic mass is 16.3. The number of carbonyl (C=O) groups excluding carboxylic acids is 2. The first-order valence-electron chi connectivity index (χ1n) is 6.52. The monoisotopic (exact) mass is 239 g/mol. The first-order chi connectivity index (χ1) is 7.94. The van der Waals surface area contributed by atoms with Crippen LogP contribution in [0.5, 0.6) is 0 Å². The van der Waals surface area contributed by atoms with Crippen LogP contribution in [0.2, 0.25) is 0 Å². The third-order valence-electron chi connectivity index (χ3n) is 4.30. The minimum Gasteiger partial charge on any atom is -0.388 e. The molecule has 1 saturated carbocycles. The van der Waals surface area contributed by atoms with Crippen molar-refractivity contribution >= 4 is 11.8 Å². The van der Waals surface area contributed by atoms with E-state index in [0.717, 1.165) is 19.3 Å². The highest BCUT2D eigenvalue weighted by Crippen LogP contribution is 2.32. The quantitative estimate of drug-likeness (QED) is 0.739. The van der Waals surface area contributed by atoms with Crippen molar-refractivity contribution in [2.45, 2.75) is 51.6 Å². The van der Waals surface area contributed by atoms with Gasteiger partial charge in [0.1, 0.15) is 0 Å². The molecule has 0 aromatic carbocycles. The van der Waals surface area contributed by atoms with Gasteiger partial charge in [0.25, 0.3) is 0 Å². The molecule has 1 N–H and O–H groups in total. The van der Waals surface area contributed by atoms with E-state index in [1.807, 2.05) is 0 Å². The van der Waals surface area contributed by atoms with Gasteiger partial charge in [0.05, 0.1) is 12.1 Å². The first-order valence-corrected chi connectivity index (χ1v) is 6.52. The van der Waals surface area contributed by atoms with Crippen LogP contribution >= 0.6 is 0 Å². The maximum atomic E-state index is 11.9. The van der Waals surface area contributed by atoms with Gasteiger partial charge in [-0.3, -0.25) is 14.5 Å². The van der Waals surface area contributed by atoms with Crippen molar-refractivity contribution in [1.82, 2.24) is 4.90 Å². The van der Waals surface area contributed by atoms with Gasteiger partial charge in [0, 0.05) is 11.8 Å². The second-order valence-corrected chi connectivity index (χ2v) is 5.62. The molecule has 1 heterocycles. The molecule has 1 aliphatic heterocycles. The molecule has 0 spiro atoms. The maximum Gasteiger partial charge on any atom is 0.232 e. The fourth-order valence-electron chi connectivity index (χ4n) is 2.85. The summed E-state index contributed by atoms with van der Waals surface area (Å²) in [5, 5.41) is 10.4. The van der Waals surface area contributed by atoms with Crippen molar-refractivity contribution in [3.63, 3.8) is 0 Å². The molecule has 2 fully saturated rings. The lowest BCUT2D eigenvalue weighted by Crippen LogP contribution is -2.47. The minimum absolute atomic E-state index is 0.124. The van der Waals surface area contributed by atoms with Crippen LogP contribution in [0.1, 0.15) is 46.0 Å². The fraction of sp³-hybridized carbons (Fsp3) is 0.846. The van der Waals surface area contributed by atoms with Crippen LogP contribution in [0.15, 0.2) is 0 Å². The molecule has 4 nitrogen and oxygen atoms in total. The van der Waals surface area contributed by atoms with Crippen LogP contribution in [0.3, 0.4) is 0 Å². The van der Waals surface area contributed by atoms with E-state index in [2.05, 4.69) is 0 Å². The van der Waals surface area contributed by atoms with Gasteiger partial charge >= 0.3 is 0 Å². The number of imide groups is 1. The Kier molecular flexibility index (Phi) is 3.25. The van der Waals surface area contributed by atoms with Crippen molar-refractivity contribution in [3.8, 4) is 0 Å². The minimum atomic E-state index is -0.840. The average molecular weight is 239 g/mol. The molecule has 2 unspecified atom stereocenters. The van der Waals surface area contributed by atoms with Gasteiger partial charge in [-0.05, 0) is 12.8 Å². The topological polar surface area (TPSA) is 57.6 Å². The van der Waals surface area contributed by atoms with Gasteiger partial charge in [-0.1, -0.05) is 33.1 Å². The fourth-order valence-corrected chi connectivity index (χ4v) is 2.85. The maximum absolute atomic E-state index is 11.9.